The SMILES string of the molecule is Cc1cc(C(N)=O)ccc1CCc1cnc2c(N)nc3ccccc3c2c1. The van der Waals surface area contributed by atoms with Crippen molar-refractivity contribution in [3.05, 3.63) is 77.0 Å². The summed E-state index contributed by atoms with van der Waals surface area (Å²) in [6.07, 6.45) is 3.56. The van der Waals surface area contributed by atoms with E-state index in [-0.39, 0.29) is 0 Å². The fourth-order valence-corrected chi connectivity index (χ4v) is 3.44. The fourth-order valence-electron chi connectivity index (χ4n) is 3.44. The van der Waals surface area contributed by atoms with Crippen molar-refractivity contribution in [3.63, 3.8) is 0 Å². The van der Waals surface area contributed by atoms with Gasteiger partial charge in [-0.2, -0.15) is 0 Å². The summed E-state index contributed by atoms with van der Waals surface area (Å²) >= 11 is 0. The minimum atomic E-state index is -0.401. The second-order valence-electron chi connectivity index (χ2n) is 6.76. The molecule has 0 aliphatic heterocycles. The highest BCUT2D eigenvalue weighted by Crippen LogP contribution is 2.27. The molecule has 0 aliphatic rings. The number of benzene rings is 2. The number of para-hydroxylation sites is 1. The van der Waals surface area contributed by atoms with Crippen molar-refractivity contribution in [2.45, 2.75) is 19.8 Å². The lowest BCUT2D eigenvalue weighted by molar-refractivity contribution is 0.1000. The summed E-state index contributed by atoms with van der Waals surface area (Å²) < 4.78 is 0. The first-order valence-electron chi connectivity index (χ1n) is 8.85. The van der Waals surface area contributed by atoms with E-state index in [2.05, 4.69) is 16.0 Å². The Kier molecular flexibility index (Phi) is 4.20. The largest absolute Gasteiger partial charge is 0.382 e. The first-order chi connectivity index (χ1) is 13.0. The van der Waals surface area contributed by atoms with E-state index in [0.717, 1.165) is 45.8 Å². The number of nitrogens with two attached hydrogens (primary N) is 2. The van der Waals surface area contributed by atoms with Gasteiger partial charge in [0.1, 0.15) is 5.52 Å². The van der Waals surface area contributed by atoms with Crippen molar-refractivity contribution in [2.75, 3.05) is 5.73 Å². The van der Waals surface area contributed by atoms with Crippen LogP contribution in [0.3, 0.4) is 0 Å². The third-order valence-electron chi connectivity index (χ3n) is 4.93. The first-order valence-corrected chi connectivity index (χ1v) is 8.85. The van der Waals surface area contributed by atoms with Gasteiger partial charge in [0.15, 0.2) is 5.82 Å². The highest BCUT2D eigenvalue weighted by molar-refractivity contribution is 6.08. The number of nitrogens with zero attached hydrogens (tertiary/aromatic N) is 2. The Hall–Kier alpha value is -3.47. The van der Waals surface area contributed by atoms with Crippen LogP contribution >= 0.6 is 0 Å². The van der Waals surface area contributed by atoms with E-state index in [1.54, 1.807) is 6.07 Å². The number of amides is 1. The maximum atomic E-state index is 11.3. The summed E-state index contributed by atoms with van der Waals surface area (Å²) in [4.78, 5) is 20.3. The molecule has 0 fully saturated rings. The molecule has 2 aromatic carbocycles. The smallest absolute Gasteiger partial charge is 0.248 e. The summed E-state index contributed by atoms with van der Waals surface area (Å²) in [7, 11) is 0. The van der Waals surface area contributed by atoms with Crippen molar-refractivity contribution in [1.82, 2.24) is 9.97 Å². The molecule has 4 N–H and O–H groups in total. The molecule has 5 heteroatoms. The average Bonchev–Trinajstić information content (AvgIpc) is 2.67. The maximum Gasteiger partial charge on any atom is 0.248 e. The number of fused-ring (bicyclic) bond motifs is 3. The zero-order valence-electron chi connectivity index (χ0n) is 15.1. The van der Waals surface area contributed by atoms with E-state index in [4.69, 9.17) is 11.5 Å². The number of carbonyl (C=O) groups is 1. The summed E-state index contributed by atoms with van der Waals surface area (Å²) in [5.74, 6) is 0.0505. The van der Waals surface area contributed by atoms with E-state index in [1.165, 1.54) is 5.56 Å². The Morgan fingerprint density at radius 2 is 1.85 bits per heavy atom. The Bertz CT molecular complexity index is 1180. The predicted molar refractivity (Wildman–Crippen MR) is 109 cm³/mol. The second kappa shape index (κ2) is 6.68. The van der Waals surface area contributed by atoms with Crippen molar-refractivity contribution >= 4 is 33.5 Å². The summed E-state index contributed by atoms with van der Waals surface area (Å²) in [5, 5.41) is 2.08. The molecule has 5 nitrogen and oxygen atoms in total. The van der Waals surface area contributed by atoms with Gasteiger partial charge in [0.05, 0.1) is 5.52 Å². The van der Waals surface area contributed by atoms with E-state index < -0.39 is 5.91 Å². The Morgan fingerprint density at radius 1 is 1.04 bits per heavy atom. The van der Waals surface area contributed by atoms with Crippen molar-refractivity contribution < 1.29 is 4.79 Å². The lowest BCUT2D eigenvalue weighted by Crippen LogP contribution is -2.11. The molecular weight excluding hydrogens is 336 g/mol. The maximum absolute atomic E-state index is 11.3. The van der Waals surface area contributed by atoms with Gasteiger partial charge >= 0.3 is 0 Å². The van der Waals surface area contributed by atoms with Gasteiger partial charge in [0.2, 0.25) is 5.91 Å². The molecule has 0 saturated carbocycles. The standard InChI is InChI=1S/C22H20N4O/c1-13-10-16(22(24)27)9-8-15(13)7-6-14-11-18-17-4-2-3-5-19(17)26-21(23)20(18)25-12-14/h2-5,8-12H,6-7H2,1H3,(H2,23,26)(H2,24,27). The van der Waals surface area contributed by atoms with Gasteiger partial charge in [-0.1, -0.05) is 24.3 Å². The van der Waals surface area contributed by atoms with Crippen LogP contribution in [0.25, 0.3) is 21.8 Å². The molecule has 1 amide bonds. The van der Waals surface area contributed by atoms with Gasteiger partial charge < -0.3 is 11.5 Å². The van der Waals surface area contributed by atoms with Crippen LogP contribution in [0.2, 0.25) is 0 Å². The van der Waals surface area contributed by atoms with Crippen LogP contribution in [0, 0.1) is 6.92 Å². The lowest BCUT2D eigenvalue weighted by atomic mass is 9.98. The molecule has 0 bridgehead atoms. The summed E-state index contributed by atoms with van der Waals surface area (Å²) in [6.45, 7) is 2.00. The van der Waals surface area contributed by atoms with Crippen molar-refractivity contribution in [3.8, 4) is 0 Å². The molecule has 4 aromatic rings. The minimum absolute atomic E-state index is 0.401. The topological polar surface area (TPSA) is 94.9 Å². The molecule has 27 heavy (non-hydrogen) atoms. The average molecular weight is 356 g/mol. The molecule has 0 spiro atoms. The Balaban J connectivity index is 1.67. The third kappa shape index (κ3) is 3.19. The van der Waals surface area contributed by atoms with Crippen LogP contribution in [0.15, 0.2) is 54.7 Å². The Labute approximate surface area is 157 Å². The molecule has 0 aliphatic carbocycles. The Morgan fingerprint density at radius 3 is 2.63 bits per heavy atom. The molecule has 134 valence electrons. The first kappa shape index (κ1) is 17.0. The van der Waals surface area contributed by atoms with Gasteiger partial charge in [-0.25, -0.2) is 4.98 Å². The van der Waals surface area contributed by atoms with Gasteiger partial charge in [0.25, 0.3) is 0 Å². The molecular formula is C22H20N4O. The van der Waals surface area contributed by atoms with Crippen molar-refractivity contribution in [1.29, 1.82) is 0 Å². The second-order valence-corrected chi connectivity index (χ2v) is 6.76. The number of hydrogen-bond acceptors (Lipinski definition) is 4. The predicted octanol–water partition coefficient (Wildman–Crippen LogP) is 3.56. The highest BCUT2D eigenvalue weighted by Gasteiger charge is 2.09. The normalized spacial score (nSPS) is 11.1. The van der Waals surface area contributed by atoms with E-state index in [9.17, 15) is 4.79 Å². The fraction of sp³-hybridized carbons (Fsp3) is 0.136. The molecule has 0 saturated heterocycles. The molecule has 0 atom stereocenters. The molecule has 2 heterocycles. The number of nitrogen functional groups attached to an aromatic ring is 1. The molecule has 2 aromatic heterocycles. The van der Waals surface area contributed by atoms with Gasteiger partial charge in [-0.3, -0.25) is 9.78 Å². The van der Waals surface area contributed by atoms with Crippen molar-refractivity contribution in [2.24, 2.45) is 5.73 Å². The minimum Gasteiger partial charge on any atom is -0.382 e. The summed E-state index contributed by atoms with van der Waals surface area (Å²) in [6, 6.07) is 15.7. The van der Waals surface area contributed by atoms with Crippen LogP contribution in [-0.4, -0.2) is 15.9 Å². The number of hydrogen-bond donors (Lipinski definition) is 2. The van der Waals surface area contributed by atoms with Crippen LogP contribution in [0.1, 0.15) is 27.0 Å². The van der Waals surface area contributed by atoms with Crippen LogP contribution < -0.4 is 11.5 Å². The number of aryl methyl sites for hydroxylation is 3. The van der Waals surface area contributed by atoms with E-state index in [1.807, 2.05) is 49.5 Å². The van der Waals surface area contributed by atoms with E-state index >= 15 is 0 Å². The molecule has 4 rings (SSSR count). The zero-order valence-corrected chi connectivity index (χ0v) is 15.1. The lowest BCUT2D eigenvalue weighted by Gasteiger charge is -2.10. The number of rotatable bonds is 4. The van der Waals surface area contributed by atoms with Gasteiger partial charge in [-0.15, -0.1) is 0 Å². The van der Waals surface area contributed by atoms with Crippen LogP contribution in [-0.2, 0) is 12.8 Å². The number of anilines is 1. The van der Waals surface area contributed by atoms with Gasteiger partial charge in [-0.05, 0) is 60.7 Å². The number of primary amides is 1. The highest BCUT2D eigenvalue weighted by atomic mass is 16.1. The number of carbonyl (C=O) groups excluding carboxylic acids is 1. The zero-order chi connectivity index (χ0) is 19.0. The monoisotopic (exact) mass is 356 g/mol. The molecule has 0 radical (unpaired) electrons. The quantitative estimate of drug-likeness (QED) is 0.547. The number of pyridine rings is 2. The van der Waals surface area contributed by atoms with Crippen LogP contribution in [0.5, 0.6) is 0 Å². The molecule has 0 unspecified atom stereocenters. The number of aromatic nitrogens is 2. The summed E-state index contributed by atoms with van der Waals surface area (Å²) in [5.41, 5.74) is 17.0. The van der Waals surface area contributed by atoms with Crippen LogP contribution in [0.4, 0.5) is 5.82 Å². The third-order valence-corrected chi connectivity index (χ3v) is 4.93. The van der Waals surface area contributed by atoms with Gasteiger partial charge in [0, 0.05) is 22.5 Å². The van der Waals surface area contributed by atoms with E-state index in [0.29, 0.717) is 11.4 Å².